The zero-order valence-corrected chi connectivity index (χ0v) is 16.2. The normalized spacial score (nSPS) is 11.2. The van der Waals surface area contributed by atoms with Gasteiger partial charge in [0, 0.05) is 26.3 Å². The number of rotatable bonds is 9. The number of benzene rings is 2. The summed E-state index contributed by atoms with van der Waals surface area (Å²) >= 11 is 0. The third-order valence-electron chi connectivity index (χ3n) is 4.21. The maximum atomic E-state index is 5.69. The van der Waals surface area contributed by atoms with Crippen molar-refractivity contribution >= 4 is 5.96 Å². The van der Waals surface area contributed by atoms with E-state index >= 15 is 0 Å². The van der Waals surface area contributed by atoms with E-state index in [0.29, 0.717) is 6.61 Å². The van der Waals surface area contributed by atoms with E-state index in [2.05, 4.69) is 26.9 Å². The first-order valence-electron chi connectivity index (χ1n) is 9.56. The van der Waals surface area contributed by atoms with Gasteiger partial charge >= 0.3 is 0 Å². The molecule has 0 bridgehead atoms. The Hall–Kier alpha value is -3.28. The van der Waals surface area contributed by atoms with Gasteiger partial charge in [0.25, 0.3) is 0 Å². The Labute approximate surface area is 166 Å². The molecule has 0 saturated heterocycles. The van der Waals surface area contributed by atoms with Crippen molar-refractivity contribution in [1.29, 1.82) is 0 Å². The lowest BCUT2D eigenvalue weighted by molar-refractivity contribution is 0.311. The molecule has 0 spiro atoms. The van der Waals surface area contributed by atoms with Crippen molar-refractivity contribution in [1.82, 2.24) is 20.4 Å². The van der Waals surface area contributed by atoms with Crippen molar-refractivity contribution in [3.63, 3.8) is 0 Å². The van der Waals surface area contributed by atoms with Crippen molar-refractivity contribution in [2.75, 3.05) is 26.7 Å². The van der Waals surface area contributed by atoms with Crippen molar-refractivity contribution < 1.29 is 4.74 Å². The minimum Gasteiger partial charge on any atom is -0.494 e. The average Bonchev–Trinajstić information content (AvgIpc) is 3.22. The molecule has 3 aromatic rings. The van der Waals surface area contributed by atoms with Gasteiger partial charge in [0.05, 0.1) is 18.5 Å². The Morgan fingerprint density at radius 2 is 1.71 bits per heavy atom. The molecule has 1 heterocycles. The predicted molar refractivity (Wildman–Crippen MR) is 113 cm³/mol. The molecule has 6 heteroatoms. The molecule has 0 aliphatic carbocycles. The number of guanidine groups is 1. The van der Waals surface area contributed by atoms with Crippen molar-refractivity contribution in [2.24, 2.45) is 4.99 Å². The van der Waals surface area contributed by atoms with Crippen LogP contribution in [0.1, 0.15) is 12.0 Å². The highest BCUT2D eigenvalue weighted by Crippen LogP contribution is 2.08. The predicted octanol–water partition coefficient (Wildman–Crippen LogP) is 3.05. The fourth-order valence-electron chi connectivity index (χ4n) is 2.74. The van der Waals surface area contributed by atoms with Gasteiger partial charge in [-0.15, -0.1) is 0 Å². The lowest BCUT2D eigenvalue weighted by Crippen LogP contribution is -2.39. The Kier molecular flexibility index (Phi) is 7.49. The highest BCUT2D eigenvalue weighted by atomic mass is 16.5. The molecule has 0 amide bonds. The molecule has 0 aliphatic heterocycles. The topological polar surface area (TPSA) is 63.5 Å². The molecule has 0 unspecified atom stereocenters. The monoisotopic (exact) mass is 377 g/mol. The fraction of sp³-hybridized carbons (Fsp3) is 0.273. The van der Waals surface area contributed by atoms with E-state index in [9.17, 15) is 0 Å². The highest BCUT2D eigenvalue weighted by Gasteiger charge is 2.02. The number of nitrogens with zero attached hydrogens (tertiary/aromatic N) is 3. The Balaban J connectivity index is 1.33. The number of nitrogens with one attached hydrogen (secondary N) is 2. The van der Waals surface area contributed by atoms with E-state index in [-0.39, 0.29) is 0 Å². The van der Waals surface area contributed by atoms with Gasteiger partial charge in [0.15, 0.2) is 5.96 Å². The second-order valence-electron chi connectivity index (χ2n) is 6.32. The van der Waals surface area contributed by atoms with Gasteiger partial charge in [0.2, 0.25) is 0 Å². The van der Waals surface area contributed by atoms with Crippen LogP contribution < -0.4 is 15.4 Å². The van der Waals surface area contributed by atoms with Crippen LogP contribution in [0.4, 0.5) is 0 Å². The molecule has 2 aromatic carbocycles. The first kappa shape index (κ1) is 19.5. The smallest absolute Gasteiger partial charge is 0.190 e. The van der Waals surface area contributed by atoms with Crippen LogP contribution in [0.3, 0.4) is 0 Å². The summed E-state index contributed by atoms with van der Waals surface area (Å²) in [7, 11) is 1.78. The average molecular weight is 377 g/mol. The van der Waals surface area contributed by atoms with Gasteiger partial charge in [-0.25, -0.2) is 4.68 Å². The van der Waals surface area contributed by atoms with E-state index < -0.39 is 0 Å². The zero-order valence-electron chi connectivity index (χ0n) is 16.2. The maximum Gasteiger partial charge on any atom is 0.190 e. The minimum absolute atomic E-state index is 0.673. The lowest BCUT2D eigenvalue weighted by atomic mass is 10.2. The Bertz CT molecular complexity index is 846. The molecule has 0 radical (unpaired) electrons. The van der Waals surface area contributed by atoms with Crippen molar-refractivity contribution in [3.05, 3.63) is 78.6 Å². The second-order valence-corrected chi connectivity index (χ2v) is 6.32. The van der Waals surface area contributed by atoms with E-state index in [1.165, 1.54) is 5.56 Å². The highest BCUT2D eigenvalue weighted by molar-refractivity contribution is 5.79. The van der Waals surface area contributed by atoms with Gasteiger partial charge in [0.1, 0.15) is 5.75 Å². The molecule has 2 N–H and O–H groups in total. The lowest BCUT2D eigenvalue weighted by Gasteiger charge is -2.12. The summed E-state index contributed by atoms with van der Waals surface area (Å²) in [5, 5.41) is 11.1. The molecule has 0 atom stereocenters. The molecular weight excluding hydrogens is 350 g/mol. The maximum absolute atomic E-state index is 5.69. The number of ether oxygens (including phenoxy) is 1. The van der Waals surface area contributed by atoms with Gasteiger partial charge in [-0.05, 0) is 42.7 Å². The number of aromatic nitrogens is 2. The van der Waals surface area contributed by atoms with Crippen LogP contribution in [-0.4, -0.2) is 42.5 Å². The SMILES string of the molecule is CN=C(NCCCOc1ccccc1)NCCc1cnn(-c2ccccc2)c1. The third-order valence-corrected chi connectivity index (χ3v) is 4.21. The zero-order chi connectivity index (χ0) is 19.4. The van der Waals surface area contributed by atoms with Crippen LogP contribution in [0.25, 0.3) is 5.69 Å². The summed E-state index contributed by atoms with van der Waals surface area (Å²) in [5.74, 6) is 1.70. The summed E-state index contributed by atoms with van der Waals surface area (Å²) in [6.07, 6.45) is 5.75. The number of hydrogen-bond donors (Lipinski definition) is 2. The molecule has 0 saturated carbocycles. The number of aliphatic imine (C=N–C) groups is 1. The van der Waals surface area contributed by atoms with Crippen molar-refractivity contribution in [2.45, 2.75) is 12.8 Å². The summed E-state index contributed by atoms with van der Waals surface area (Å²) in [4.78, 5) is 4.26. The van der Waals surface area contributed by atoms with Crippen LogP contribution >= 0.6 is 0 Å². The quantitative estimate of drug-likeness (QED) is 0.342. The van der Waals surface area contributed by atoms with E-state index in [0.717, 1.165) is 43.3 Å². The standard InChI is InChI=1S/C22H27N5O/c1-23-22(24-14-8-16-28-21-11-6-3-7-12-21)25-15-13-19-17-26-27(18-19)20-9-4-2-5-10-20/h2-7,9-12,17-18H,8,13-16H2,1H3,(H2,23,24,25). The Morgan fingerprint density at radius 1 is 1.00 bits per heavy atom. The molecule has 146 valence electrons. The van der Waals surface area contributed by atoms with E-state index in [1.54, 1.807) is 7.05 Å². The largest absolute Gasteiger partial charge is 0.494 e. The first-order valence-corrected chi connectivity index (χ1v) is 9.56. The van der Waals surface area contributed by atoms with Crippen LogP contribution in [0.15, 0.2) is 78.0 Å². The van der Waals surface area contributed by atoms with Crippen LogP contribution in [0.5, 0.6) is 5.75 Å². The summed E-state index contributed by atoms with van der Waals surface area (Å²) in [6.45, 7) is 2.27. The molecule has 0 aliphatic rings. The van der Waals surface area contributed by atoms with Crippen LogP contribution in [0.2, 0.25) is 0 Å². The second kappa shape index (κ2) is 10.8. The summed E-state index contributed by atoms with van der Waals surface area (Å²) in [6, 6.07) is 20.0. The third kappa shape index (κ3) is 6.16. The van der Waals surface area contributed by atoms with Gasteiger partial charge in [-0.2, -0.15) is 5.10 Å². The van der Waals surface area contributed by atoms with E-state index in [1.807, 2.05) is 71.5 Å². The molecule has 3 rings (SSSR count). The molecule has 6 nitrogen and oxygen atoms in total. The van der Waals surface area contributed by atoms with Crippen LogP contribution in [0, 0.1) is 0 Å². The molecule has 28 heavy (non-hydrogen) atoms. The minimum atomic E-state index is 0.673. The van der Waals surface area contributed by atoms with E-state index in [4.69, 9.17) is 4.74 Å². The van der Waals surface area contributed by atoms with Gasteiger partial charge in [-0.3, -0.25) is 4.99 Å². The Morgan fingerprint density at radius 3 is 2.46 bits per heavy atom. The van der Waals surface area contributed by atoms with Crippen molar-refractivity contribution in [3.8, 4) is 11.4 Å². The number of hydrogen-bond acceptors (Lipinski definition) is 3. The van der Waals surface area contributed by atoms with Gasteiger partial charge in [-0.1, -0.05) is 36.4 Å². The summed E-state index contributed by atoms with van der Waals surface area (Å²) in [5.41, 5.74) is 2.25. The van der Waals surface area contributed by atoms with Crippen LogP contribution in [-0.2, 0) is 6.42 Å². The van der Waals surface area contributed by atoms with Gasteiger partial charge < -0.3 is 15.4 Å². The first-order chi connectivity index (χ1) is 13.8. The summed E-state index contributed by atoms with van der Waals surface area (Å²) < 4.78 is 7.59. The number of para-hydroxylation sites is 2. The fourth-order valence-corrected chi connectivity index (χ4v) is 2.74. The molecular formula is C22H27N5O. The molecule has 1 aromatic heterocycles. The molecule has 0 fully saturated rings.